The molecule has 154 valence electrons. The SMILES string of the molecule is CN=C(NC[C@H]1CCCN1S(C)(=O)=O)N1CCOC(c2cnn(C)c2)C1.I. The summed E-state index contributed by atoms with van der Waals surface area (Å²) in [5.74, 6) is 0.780. The molecule has 1 aromatic heterocycles. The van der Waals surface area contributed by atoms with Gasteiger partial charge < -0.3 is 15.0 Å². The van der Waals surface area contributed by atoms with Crippen molar-refractivity contribution >= 4 is 40.0 Å². The van der Waals surface area contributed by atoms with Gasteiger partial charge in [-0.05, 0) is 12.8 Å². The van der Waals surface area contributed by atoms with Crippen LogP contribution >= 0.6 is 24.0 Å². The maximum absolute atomic E-state index is 11.9. The molecule has 2 saturated heterocycles. The fourth-order valence-electron chi connectivity index (χ4n) is 3.64. The molecule has 9 nitrogen and oxygen atoms in total. The molecular formula is C16H29IN6O3S. The van der Waals surface area contributed by atoms with Crippen LogP contribution in [-0.4, -0.2) is 85.5 Å². The molecule has 3 rings (SSSR count). The van der Waals surface area contributed by atoms with Crippen LogP contribution in [-0.2, 0) is 21.8 Å². The van der Waals surface area contributed by atoms with Gasteiger partial charge in [-0.2, -0.15) is 9.40 Å². The van der Waals surface area contributed by atoms with Crippen LogP contribution in [0.4, 0.5) is 0 Å². The standard InChI is InChI=1S/C16H28N6O3S.HI/c1-17-16(18-10-14-5-4-6-22(14)26(3,23)24)21-7-8-25-15(12-21)13-9-19-20(2)11-13;/h9,11,14-15H,4-8,10,12H2,1-3H3,(H,17,18);1H/t14-,15?;/m1./s1. The zero-order valence-electron chi connectivity index (χ0n) is 16.0. The highest BCUT2D eigenvalue weighted by molar-refractivity contribution is 14.0. The number of rotatable bonds is 4. The van der Waals surface area contributed by atoms with Crippen molar-refractivity contribution in [1.82, 2.24) is 24.3 Å². The van der Waals surface area contributed by atoms with Crippen molar-refractivity contribution in [1.29, 1.82) is 0 Å². The first kappa shape index (κ1) is 22.4. The lowest BCUT2D eigenvalue weighted by molar-refractivity contribution is -0.00806. The zero-order valence-corrected chi connectivity index (χ0v) is 19.2. The average Bonchev–Trinajstić information content (AvgIpc) is 3.24. The number of nitrogens with one attached hydrogen (secondary N) is 1. The van der Waals surface area contributed by atoms with Crippen LogP contribution in [0.1, 0.15) is 24.5 Å². The lowest BCUT2D eigenvalue weighted by Gasteiger charge is -2.35. The molecule has 0 saturated carbocycles. The van der Waals surface area contributed by atoms with Gasteiger partial charge in [0, 0.05) is 51.5 Å². The van der Waals surface area contributed by atoms with Crippen molar-refractivity contribution in [3.63, 3.8) is 0 Å². The Morgan fingerprint density at radius 2 is 2.22 bits per heavy atom. The quantitative estimate of drug-likeness (QED) is 0.357. The summed E-state index contributed by atoms with van der Waals surface area (Å²) in [4.78, 5) is 6.53. The first-order chi connectivity index (χ1) is 12.4. The number of aryl methyl sites for hydroxylation is 1. The van der Waals surface area contributed by atoms with Gasteiger partial charge in [0.15, 0.2) is 5.96 Å². The van der Waals surface area contributed by atoms with Crippen molar-refractivity contribution in [2.24, 2.45) is 12.0 Å². The summed E-state index contributed by atoms with van der Waals surface area (Å²) in [7, 11) is 0.475. The number of halogens is 1. The molecule has 2 fully saturated rings. The van der Waals surface area contributed by atoms with E-state index in [2.05, 4.69) is 20.3 Å². The lowest BCUT2D eigenvalue weighted by Crippen LogP contribution is -2.51. The predicted molar refractivity (Wildman–Crippen MR) is 115 cm³/mol. The molecule has 2 aliphatic rings. The zero-order chi connectivity index (χ0) is 18.7. The van der Waals surface area contributed by atoms with Gasteiger partial charge in [0.1, 0.15) is 6.10 Å². The van der Waals surface area contributed by atoms with Gasteiger partial charge in [-0.15, -0.1) is 24.0 Å². The topological polar surface area (TPSA) is 92.1 Å². The van der Waals surface area contributed by atoms with Crippen LogP contribution < -0.4 is 5.32 Å². The third-order valence-electron chi connectivity index (χ3n) is 4.92. The first-order valence-electron chi connectivity index (χ1n) is 8.91. The van der Waals surface area contributed by atoms with Crippen LogP contribution in [0.25, 0.3) is 0 Å². The Labute approximate surface area is 178 Å². The van der Waals surface area contributed by atoms with Crippen molar-refractivity contribution < 1.29 is 13.2 Å². The second-order valence-corrected chi connectivity index (χ2v) is 8.79. The van der Waals surface area contributed by atoms with Gasteiger partial charge >= 0.3 is 0 Å². The van der Waals surface area contributed by atoms with Crippen molar-refractivity contribution in [3.8, 4) is 0 Å². The second kappa shape index (κ2) is 9.52. The summed E-state index contributed by atoms with van der Waals surface area (Å²) in [5.41, 5.74) is 1.05. The number of morpholine rings is 1. The Bertz CT molecular complexity index is 753. The molecule has 27 heavy (non-hydrogen) atoms. The molecule has 0 amide bonds. The molecule has 0 aliphatic carbocycles. The Kier molecular flexibility index (Phi) is 7.89. The second-order valence-electron chi connectivity index (χ2n) is 6.85. The van der Waals surface area contributed by atoms with Crippen LogP contribution in [0, 0.1) is 0 Å². The largest absolute Gasteiger partial charge is 0.370 e. The molecule has 1 N–H and O–H groups in total. The molecular weight excluding hydrogens is 483 g/mol. The molecule has 2 atom stereocenters. The van der Waals surface area contributed by atoms with E-state index in [0.717, 1.165) is 30.9 Å². The van der Waals surface area contributed by atoms with E-state index in [1.807, 2.05) is 19.4 Å². The monoisotopic (exact) mass is 512 g/mol. The van der Waals surface area contributed by atoms with E-state index in [0.29, 0.717) is 26.2 Å². The molecule has 0 bridgehead atoms. The molecule has 1 unspecified atom stereocenters. The third kappa shape index (κ3) is 5.55. The number of nitrogens with zero attached hydrogens (tertiary/aromatic N) is 5. The van der Waals surface area contributed by atoms with Gasteiger partial charge in [0.05, 0.1) is 25.6 Å². The number of guanidine groups is 1. The van der Waals surface area contributed by atoms with E-state index in [9.17, 15) is 8.42 Å². The van der Waals surface area contributed by atoms with Gasteiger partial charge in [-0.25, -0.2) is 8.42 Å². The molecule has 1 aromatic rings. The van der Waals surface area contributed by atoms with E-state index >= 15 is 0 Å². The summed E-state index contributed by atoms with van der Waals surface area (Å²) < 4.78 is 33.0. The van der Waals surface area contributed by atoms with Gasteiger partial charge in [-0.1, -0.05) is 0 Å². The van der Waals surface area contributed by atoms with Crippen molar-refractivity contribution in [2.75, 3.05) is 46.1 Å². The molecule has 0 radical (unpaired) electrons. The lowest BCUT2D eigenvalue weighted by atomic mass is 10.1. The number of sulfonamides is 1. The Morgan fingerprint density at radius 1 is 1.44 bits per heavy atom. The summed E-state index contributed by atoms with van der Waals surface area (Å²) in [5, 5.41) is 7.57. The number of aliphatic imine (C=N–C) groups is 1. The number of ether oxygens (including phenoxy) is 1. The summed E-state index contributed by atoms with van der Waals surface area (Å²) >= 11 is 0. The minimum Gasteiger partial charge on any atom is -0.370 e. The van der Waals surface area contributed by atoms with E-state index in [4.69, 9.17) is 4.74 Å². The molecule has 0 spiro atoms. The van der Waals surface area contributed by atoms with E-state index < -0.39 is 10.0 Å². The predicted octanol–water partition coefficient (Wildman–Crippen LogP) is 0.411. The minimum atomic E-state index is -3.16. The van der Waals surface area contributed by atoms with Crippen molar-refractivity contribution in [3.05, 3.63) is 18.0 Å². The van der Waals surface area contributed by atoms with Gasteiger partial charge in [0.25, 0.3) is 0 Å². The van der Waals surface area contributed by atoms with E-state index in [1.54, 1.807) is 16.0 Å². The van der Waals surface area contributed by atoms with Gasteiger partial charge in [-0.3, -0.25) is 9.67 Å². The Balaban J connectivity index is 0.00000261. The summed E-state index contributed by atoms with van der Waals surface area (Å²) in [6, 6.07) is -0.0167. The highest BCUT2D eigenvalue weighted by Crippen LogP contribution is 2.22. The maximum atomic E-state index is 11.9. The highest BCUT2D eigenvalue weighted by atomic mass is 127. The van der Waals surface area contributed by atoms with Crippen LogP contribution in [0.3, 0.4) is 0 Å². The van der Waals surface area contributed by atoms with E-state index in [1.165, 1.54) is 6.26 Å². The normalized spacial score (nSPS) is 24.7. The highest BCUT2D eigenvalue weighted by Gasteiger charge is 2.32. The number of aromatic nitrogens is 2. The Hall–Kier alpha value is -0.920. The Morgan fingerprint density at radius 3 is 2.85 bits per heavy atom. The minimum absolute atomic E-state index is 0. The fourth-order valence-corrected chi connectivity index (χ4v) is 4.82. The third-order valence-corrected chi connectivity index (χ3v) is 6.25. The van der Waals surface area contributed by atoms with Crippen LogP contribution in [0.15, 0.2) is 17.4 Å². The molecule has 11 heteroatoms. The number of hydrogen-bond donors (Lipinski definition) is 1. The smallest absolute Gasteiger partial charge is 0.211 e. The average molecular weight is 512 g/mol. The summed E-state index contributed by atoms with van der Waals surface area (Å²) in [6.07, 6.45) is 6.80. The molecule has 0 aromatic carbocycles. The summed E-state index contributed by atoms with van der Waals surface area (Å²) in [6.45, 7) is 3.21. The fraction of sp³-hybridized carbons (Fsp3) is 0.750. The van der Waals surface area contributed by atoms with Crippen LogP contribution in [0.5, 0.6) is 0 Å². The maximum Gasteiger partial charge on any atom is 0.211 e. The first-order valence-corrected chi connectivity index (χ1v) is 10.8. The number of hydrogen-bond acceptors (Lipinski definition) is 5. The molecule has 2 aliphatic heterocycles. The van der Waals surface area contributed by atoms with Crippen LogP contribution in [0.2, 0.25) is 0 Å². The van der Waals surface area contributed by atoms with Gasteiger partial charge in [0.2, 0.25) is 10.0 Å². The van der Waals surface area contributed by atoms with Crippen molar-refractivity contribution in [2.45, 2.75) is 25.0 Å². The molecule has 3 heterocycles. The van der Waals surface area contributed by atoms with E-state index in [-0.39, 0.29) is 36.1 Å².